The van der Waals surface area contributed by atoms with Crippen LogP contribution >= 0.6 is 0 Å². The number of carbonyl (C=O) groups is 2. The quantitative estimate of drug-likeness (QED) is 0.746. The number of nitrogens with one attached hydrogen (secondary N) is 1. The molecule has 3 aromatic rings. The van der Waals surface area contributed by atoms with Gasteiger partial charge in [-0.15, -0.1) is 0 Å². The van der Waals surface area contributed by atoms with Crippen LogP contribution < -0.4 is 5.32 Å². The second-order valence-electron chi connectivity index (χ2n) is 7.56. The standard InChI is InChI=1S/C23H22FN3O2/c1-13-5-4-6-16(11-13)23(29)25-22-19(28)12-18-20(14(2)26-27(18)3)21(22)15-7-9-17(24)10-8-15/h4-11,21-22H,12H2,1-3H3,(H,25,29)/t21-,22-/m1/s1. The van der Waals surface area contributed by atoms with Crippen LogP contribution in [0.1, 0.15) is 44.4 Å². The molecule has 1 aliphatic carbocycles. The first-order valence-electron chi connectivity index (χ1n) is 9.53. The summed E-state index contributed by atoms with van der Waals surface area (Å²) in [5.41, 5.74) is 4.80. The zero-order valence-corrected chi connectivity index (χ0v) is 16.6. The highest BCUT2D eigenvalue weighted by molar-refractivity contribution is 5.99. The van der Waals surface area contributed by atoms with E-state index in [1.165, 1.54) is 12.1 Å². The van der Waals surface area contributed by atoms with Crippen LogP contribution in [0.4, 0.5) is 4.39 Å². The topological polar surface area (TPSA) is 64.0 Å². The Bertz CT molecular complexity index is 1100. The van der Waals surface area contributed by atoms with Crippen LogP contribution in [0, 0.1) is 19.7 Å². The van der Waals surface area contributed by atoms with E-state index in [0.29, 0.717) is 5.56 Å². The third kappa shape index (κ3) is 3.46. The lowest BCUT2D eigenvalue weighted by atomic mass is 9.76. The molecule has 1 aromatic heterocycles. The summed E-state index contributed by atoms with van der Waals surface area (Å²) in [6, 6.07) is 12.6. The van der Waals surface area contributed by atoms with Crippen molar-refractivity contribution in [2.45, 2.75) is 32.2 Å². The Morgan fingerprint density at radius 1 is 1.17 bits per heavy atom. The van der Waals surface area contributed by atoms with Crippen molar-refractivity contribution in [2.75, 3.05) is 0 Å². The number of aromatic nitrogens is 2. The van der Waals surface area contributed by atoms with E-state index >= 15 is 0 Å². The Morgan fingerprint density at radius 2 is 1.90 bits per heavy atom. The molecule has 0 saturated carbocycles. The number of ketones is 1. The Kier molecular flexibility index (Phi) is 4.78. The molecule has 0 unspecified atom stereocenters. The van der Waals surface area contributed by atoms with E-state index in [1.807, 2.05) is 33.0 Å². The molecule has 148 valence electrons. The van der Waals surface area contributed by atoms with Crippen LogP contribution in [0.15, 0.2) is 48.5 Å². The SMILES string of the molecule is Cc1cccc(C(=O)N[C@@H]2C(=O)Cc3c(c(C)nn3C)[C@H]2c2ccc(F)cc2)c1. The number of amides is 1. The molecule has 0 radical (unpaired) electrons. The van der Waals surface area contributed by atoms with Gasteiger partial charge in [-0.1, -0.05) is 29.8 Å². The third-order valence-corrected chi connectivity index (χ3v) is 5.52. The number of hydrogen-bond acceptors (Lipinski definition) is 3. The van der Waals surface area contributed by atoms with E-state index in [4.69, 9.17) is 0 Å². The molecule has 1 heterocycles. The molecule has 0 saturated heterocycles. The second-order valence-corrected chi connectivity index (χ2v) is 7.56. The van der Waals surface area contributed by atoms with E-state index in [0.717, 1.165) is 28.1 Å². The van der Waals surface area contributed by atoms with Crippen LogP contribution in [0.2, 0.25) is 0 Å². The number of aryl methyl sites for hydroxylation is 3. The first-order chi connectivity index (χ1) is 13.8. The van der Waals surface area contributed by atoms with Crippen LogP contribution in [-0.2, 0) is 18.3 Å². The molecule has 6 heteroatoms. The summed E-state index contributed by atoms with van der Waals surface area (Å²) in [6.07, 6.45) is 0.198. The van der Waals surface area contributed by atoms with Gasteiger partial charge in [0.1, 0.15) is 5.82 Å². The molecule has 0 bridgehead atoms. The molecule has 1 N–H and O–H groups in total. The van der Waals surface area contributed by atoms with Gasteiger partial charge in [-0.25, -0.2) is 4.39 Å². The third-order valence-electron chi connectivity index (χ3n) is 5.52. The fourth-order valence-electron chi connectivity index (χ4n) is 4.17. The first-order valence-corrected chi connectivity index (χ1v) is 9.53. The number of nitrogens with zero attached hydrogens (tertiary/aromatic N) is 2. The first kappa shape index (κ1) is 19.1. The van der Waals surface area contributed by atoms with Crippen molar-refractivity contribution in [1.29, 1.82) is 0 Å². The molecule has 2 aromatic carbocycles. The molecule has 5 nitrogen and oxygen atoms in total. The minimum absolute atomic E-state index is 0.0872. The highest BCUT2D eigenvalue weighted by Gasteiger charge is 2.41. The van der Waals surface area contributed by atoms with Gasteiger partial charge in [-0.3, -0.25) is 14.3 Å². The minimum atomic E-state index is -0.746. The summed E-state index contributed by atoms with van der Waals surface area (Å²) in [5, 5.41) is 7.41. The molecule has 4 rings (SSSR count). The number of halogens is 1. The van der Waals surface area contributed by atoms with E-state index in [1.54, 1.807) is 28.9 Å². The molecule has 1 aliphatic rings. The van der Waals surface area contributed by atoms with Crippen molar-refractivity contribution >= 4 is 11.7 Å². The van der Waals surface area contributed by atoms with Crippen molar-refractivity contribution in [3.05, 3.63) is 88.0 Å². The van der Waals surface area contributed by atoms with E-state index in [-0.39, 0.29) is 23.9 Å². The van der Waals surface area contributed by atoms with Crippen LogP contribution in [0.5, 0.6) is 0 Å². The van der Waals surface area contributed by atoms with Crippen molar-refractivity contribution < 1.29 is 14.0 Å². The minimum Gasteiger partial charge on any atom is -0.341 e. The van der Waals surface area contributed by atoms with Crippen molar-refractivity contribution in [3.8, 4) is 0 Å². The Morgan fingerprint density at radius 3 is 2.59 bits per heavy atom. The number of rotatable bonds is 3. The largest absolute Gasteiger partial charge is 0.341 e. The highest BCUT2D eigenvalue weighted by atomic mass is 19.1. The van der Waals surface area contributed by atoms with Crippen LogP contribution in [0.3, 0.4) is 0 Å². The predicted molar refractivity (Wildman–Crippen MR) is 107 cm³/mol. The number of Topliss-reactive ketones (excluding diaryl/α,β-unsaturated/α-hetero) is 1. The van der Waals surface area contributed by atoms with Gasteiger partial charge in [0, 0.05) is 29.8 Å². The molecule has 29 heavy (non-hydrogen) atoms. The lowest BCUT2D eigenvalue weighted by Crippen LogP contribution is -2.48. The molecular weight excluding hydrogens is 369 g/mol. The Labute approximate surface area is 168 Å². The summed E-state index contributed by atoms with van der Waals surface area (Å²) < 4.78 is 15.2. The summed E-state index contributed by atoms with van der Waals surface area (Å²) in [5.74, 6) is -1.16. The monoisotopic (exact) mass is 391 g/mol. The lowest BCUT2D eigenvalue weighted by Gasteiger charge is -2.32. The summed E-state index contributed by atoms with van der Waals surface area (Å²) >= 11 is 0. The van der Waals surface area contributed by atoms with Gasteiger partial charge in [0.2, 0.25) is 0 Å². The predicted octanol–water partition coefficient (Wildman–Crippen LogP) is 3.23. The molecule has 0 aliphatic heterocycles. The van der Waals surface area contributed by atoms with Gasteiger partial charge in [-0.05, 0) is 43.7 Å². The lowest BCUT2D eigenvalue weighted by molar-refractivity contribution is -0.121. The Balaban J connectivity index is 1.78. The summed E-state index contributed by atoms with van der Waals surface area (Å²) in [7, 11) is 1.81. The van der Waals surface area contributed by atoms with Gasteiger partial charge >= 0.3 is 0 Å². The van der Waals surface area contributed by atoms with Crippen LogP contribution in [-0.4, -0.2) is 27.5 Å². The van der Waals surface area contributed by atoms with E-state index in [2.05, 4.69) is 10.4 Å². The second kappa shape index (κ2) is 7.28. The van der Waals surface area contributed by atoms with Gasteiger partial charge < -0.3 is 5.32 Å². The average molecular weight is 391 g/mol. The summed E-state index contributed by atoms with van der Waals surface area (Å²) in [6.45, 7) is 3.81. The molecule has 1 amide bonds. The van der Waals surface area contributed by atoms with Crippen LogP contribution in [0.25, 0.3) is 0 Å². The van der Waals surface area contributed by atoms with Crippen molar-refractivity contribution in [1.82, 2.24) is 15.1 Å². The maximum absolute atomic E-state index is 13.5. The smallest absolute Gasteiger partial charge is 0.251 e. The van der Waals surface area contributed by atoms with Gasteiger partial charge in [-0.2, -0.15) is 5.10 Å². The molecular formula is C23H22FN3O2. The van der Waals surface area contributed by atoms with Gasteiger partial charge in [0.15, 0.2) is 5.78 Å². The Hall–Kier alpha value is -3.28. The number of hydrogen-bond donors (Lipinski definition) is 1. The molecule has 2 atom stereocenters. The molecule has 0 fully saturated rings. The van der Waals surface area contributed by atoms with Gasteiger partial charge in [0.25, 0.3) is 5.91 Å². The normalized spacial score (nSPS) is 18.4. The number of carbonyl (C=O) groups excluding carboxylic acids is 2. The van der Waals surface area contributed by atoms with Crippen molar-refractivity contribution in [3.63, 3.8) is 0 Å². The zero-order valence-electron chi connectivity index (χ0n) is 16.6. The van der Waals surface area contributed by atoms with E-state index in [9.17, 15) is 14.0 Å². The van der Waals surface area contributed by atoms with Crippen molar-refractivity contribution in [2.24, 2.45) is 7.05 Å². The maximum atomic E-state index is 13.5. The van der Waals surface area contributed by atoms with E-state index < -0.39 is 12.0 Å². The zero-order chi connectivity index (χ0) is 20.7. The fourth-order valence-corrected chi connectivity index (χ4v) is 4.17. The maximum Gasteiger partial charge on any atom is 0.251 e. The number of fused-ring (bicyclic) bond motifs is 1. The van der Waals surface area contributed by atoms with Gasteiger partial charge in [0.05, 0.1) is 18.2 Å². The number of benzene rings is 2. The summed E-state index contributed by atoms with van der Waals surface area (Å²) in [4.78, 5) is 26.0. The molecule has 0 spiro atoms. The highest BCUT2D eigenvalue weighted by Crippen LogP contribution is 2.37. The average Bonchev–Trinajstić information content (AvgIpc) is 2.96. The fraction of sp³-hybridized carbons (Fsp3) is 0.261.